The molecule has 2 nitrogen and oxygen atoms in total. The van der Waals surface area contributed by atoms with Gasteiger partial charge in [0.25, 0.3) is 0 Å². The Hall–Kier alpha value is 0.674. The van der Waals surface area contributed by atoms with Gasteiger partial charge in [-0.1, -0.05) is 45.8 Å². The van der Waals surface area contributed by atoms with E-state index in [0.717, 1.165) is 5.56 Å². The Morgan fingerprint density at radius 3 is 2.31 bits per heavy atom. The number of rotatable bonds is 3. The van der Waals surface area contributed by atoms with Crippen molar-refractivity contribution in [3.63, 3.8) is 0 Å². The molecule has 0 radical (unpaired) electrons. The van der Waals surface area contributed by atoms with Crippen LogP contribution in [0.4, 0.5) is 0 Å². The molecule has 0 aliphatic carbocycles. The third kappa shape index (κ3) is 4.14. The minimum absolute atomic E-state index is 0. The van der Waals surface area contributed by atoms with Gasteiger partial charge in [0.1, 0.15) is 0 Å². The van der Waals surface area contributed by atoms with Gasteiger partial charge in [-0.15, -0.1) is 0 Å². The van der Waals surface area contributed by atoms with Crippen LogP contribution in [0, 0.1) is 6.92 Å². The molecule has 0 spiro atoms. The first-order valence-corrected chi connectivity index (χ1v) is 4.35. The molecular formula is C9H13NOPY+2. The molecule has 13 heavy (non-hydrogen) atoms. The molecule has 0 saturated carbocycles. The molecule has 4 heteroatoms. The van der Waals surface area contributed by atoms with Crippen molar-refractivity contribution in [3.05, 3.63) is 42.8 Å². The predicted molar refractivity (Wildman–Crippen MR) is 53.4 cm³/mol. The molecule has 1 aromatic rings. The fourth-order valence-electron chi connectivity index (χ4n) is 0.974. The van der Waals surface area contributed by atoms with E-state index in [1.165, 1.54) is 0 Å². The number of aliphatic hydroxyl groups excluding tert-OH is 1. The molecule has 66 valence electrons. The van der Waals surface area contributed by atoms with Gasteiger partial charge in [-0.25, -0.2) is 0 Å². The standard InChI is InChI=1S/C9H13NOP.Y/c1-7(10-12)9(11)8-5-3-2-4-6-8;/h2-7,9-11H,1,12H2;/q-1;+3. The summed E-state index contributed by atoms with van der Waals surface area (Å²) in [5.41, 5.74) is 0.882. The van der Waals surface area contributed by atoms with Crippen LogP contribution in [0.15, 0.2) is 30.3 Å². The second-order valence-corrected chi connectivity index (χ2v) is 2.96. The van der Waals surface area contributed by atoms with E-state index in [1.54, 1.807) is 0 Å². The summed E-state index contributed by atoms with van der Waals surface area (Å²) >= 11 is 0. The molecule has 3 atom stereocenters. The van der Waals surface area contributed by atoms with Crippen LogP contribution in [-0.4, -0.2) is 11.1 Å². The fraction of sp³-hybridized carbons (Fsp3) is 0.222. The minimum atomic E-state index is -0.552. The zero-order valence-corrected chi connectivity index (χ0v) is 11.3. The molecule has 0 amide bonds. The third-order valence-corrected chi connectivity index (χ3v) is 2.16. The molecule has 3 unspecified atom stereocenters. The van der Waals surface area contributed by atoms with Crippen molar-refractivity contribution >= 4 is 9.39 Å². The van der Waals surface area contributed by atoms with Crippen LogP contribution < -0.4 is 5.09 Å². The van der Waals surface area contributed by atoms with Crippen LogP contribution in [0.2, 0.25) is 0 Å². The number of nitrogens with one attached hydrogen (secondary N) is 1. The van der Waals surface area contributed by atoms with E-state index in [0.29, 0.717) is 0 Å². The van der Waals surface area contributed by atoms with Crippen LogP contribution in [0.1, 0.15) is 11.7 Å². The van der Waals surface area contributed by atoms with Crippen molar-refractivity contribution in [2.75, 3.05) is 0 Å². The smallest absolute Gasteiger partial charge is 0.390 e. The minimum Gasteiger partial charge on any atom is -0.390 e. The molecule has 0 heterocycles. The normalized spacial score (nSPS) is 14.4. The Morgan fingerprint density at radius 1 is 1.31 bits per heavy atom. The van der Waals surface area contributed by atoms with Gasteiger partial charge >= 0.3 is 32.7 Å². The van der Waals surface area contributed by atoms with Gasteiger partial charge < -0.3 is 17.1 Å². The van der Waals surface area contributed by atoms with Crippen molar-refractivity contribution < 1.29 is 37.8 Å². The Balaban J connectivity index is 0.00000144. The van der Waals surface area contributed by atoms with Gasteiger partial charge in [0.05, 0.1) is 6.10 Å². The van der Waals surface area contributed by atoms with Crippen molar-refractivity contribution in [2.45, 2.75) is 12.1 Å². The van der Waals surface area contributed by atoms with Crippen LogP contribution >= 0.6 is 9.39 Å². The predicted octanol–water partition coefficient (Wildman–Crippen LogP) is 1.30. The van der Waals surface area contributed by atoms with Gasteiger partial charge in [0.2, 0.25) is 0 Å². The summed E-state index contributed by atoms with van der Waals surface area (Å²) in [5.74, 6) is 0. The number of benzene rings is 1. The van der Waals surface area contributed by atoms with Gasteiger partial charge in [-0.05, 0) is 5.56 Å². The third-order valence-electron chi connectivity index (χ3n) is 1.74. The van der Waals surface area contributed by atoms with Crippen LogP contribution in [0.5, 0.6) is 0 Å². The van der Waals surface area contributed by atoms with Crippen LogP contribution in [0.3, 0.4) is 0 Å². The summed E-state index contributed by atoms with van der Waals surface area (Å²) in [4.78, 5) is 0. The van der Waals surface area contributed by atoms with Crippen molar-refractivity contribution in [1.29, 1.82) is 0 Å². The molecule has 1 rings (SSSR count). The zero-order chi connectivity index (χ0) is 8.97. The Kier molecular flexibility index (Phi) is 7.39. The van der Waals surface area contributed by atoms with E-state index in [2.05, 4.69) is 21.4 Å². The molecule has 1 aromatic carbocycles. The maximum absolute atomic E-state index is 9.65. The van der Waals surface area contributed by atoms with Gasteiger partial charge in [-0.3, -0.25) is 0 Å². The Morgan fingerprint density at radius 2 is 1.85 bits per heavy atom. The molecule has 0 saturated heterocycles. The Labute approximate surface area is 107 Å². The van der Waals surface area contributed by atoms with E-state index < -0.39 is 6.10 Å². The van der Waals surface area contributed by atoms with Crippen LogP contribution in [0.25, 0.3) is 0 Å². The quantitative estimate of drug-likeness (QED) is 0.641. The first-order chi connectivity index (χ1) is 5.75. The maximum atomic E-state index is 9.65. The first-order valence-electron chi connectivity index (χ1n) is 3.78. The summed E-state index contributed by atoms with van der Waals surface area (Å²) in [5, 5.41) is 12.5. The van der Waals surface area contributed by atoms with Crippen LogP contribution in [-0.2, 0) is 32.7 Å². The number of hydrogen-bond donors (Lipinski definition) is 2. The molecule has 0 bridgehead atoms. The first kappa shape index (κ1) is 13.7. The van der Waals surface area contributed by atoms with Crippen molar-refractivity contribution in [1.82, 2.24) is 5.09 Å². The molecule has 0 aromatic heterocycles. The van der Waals surface area contributed by atoms with E-state index >= 15 is 0 Å². The zero-order valence-electron chi connectivity index (χ0n) is 7.35. The maximum Gasteiger partial charge on any atom is 3.00 e. The van der Waals surface area contributed by atoms with E-state index in [-0.39, 0.29) is 38.8 Å². The average molecular weight is 271 g/mol. The monoisotopic (exact) mass is 271 g/mol. The van der Waals surface area contributed by atoms with E-state index in [4.69, 9.17) is 0 Å². The summed E-state index contributed by atoms with van der Waals surface area (Å²) in [6.45, 7) is 3.75. The van der Waals surface area contributed by atoms with Gasteiger partial charge in [0.15, 0.2) is 0 Å². The van der Waals surface area contributed by atoms with Crippen molar-refractivity contribution in [2.24, 2.45) is 0 Å². The topological polar surface area (TPSA) is 32.3 Å². The average Bonchev–Trinajstić information content (AvgIpc) is 2.17. The molecule has 2 N–H and O–H groups in total. The molecular weight excluding hydrogens is 258 g/mol. The summed E-state index contributed by atoms with van der Waals surface area (Å²) in [6.07, 6.45) is -0.552. The van der Waals surface area contributed by atoms with Crippen molar-refractivity contribution in [3.8, 4) is 0 Å². The fourth-order valence-corrected chi connectivity index (χ4v) is 1.16. The van der Waals surface area contributed by atoms with Gasteiger partial charge in [-0.2, -0.15) is 0 Å². The molecule has 0 aliphatic heterocycles. The number of aliphatic hydroxyl groups is 1. The largest absolute Gasteiger partial charge is 3.00 e. The Bertz CT molecular complexity index is 232. The second-order valence-electron chi connectivity index (χ2n) is 2.63. The van der Waals surface area contributed by atoms with E-state index in [9.17, 15) is 5.11 Å². The second kappa shape index (κ2) is 7.03. The summed E-state index contributed by atoms with van der Waals surface area (Å²) < 4.78 is 0. The SMILES string of the molecule is [CH2-]C(NP)C(O)c1ccccc1.[Y+3]. The molecule has 0 fully saturated rings. The molecule has 0 aliphatic rings. The van der Waals surface area contributed by atoms with E-state index in [1.807, 2.05) is 30.3 Å². The summed E-state index contributed by atoms with van der Waals surface area (Å²) in [7, 11) is 2.34. The van der Waals surface area contributed by atoms with Gasteiger partial charge in [0, 0.05) is 0 Å². The number of hydrogen-bond acceptors (Lipinski definition) is 2. The summed E-state index contributed by atoms with van der Waals surface area (Å²) in [6, 6.07) is 9.28.